The van der Waals surface area contributed by atoms with Crippen LogP contribution in [0.4, 0.5) is 5.82 Å². The molecule has 33 heavy (non-hydrogen) atoms. The monoisotopic (exact) mass is 466 g/mol. The second-order valence-corrected chi connectivity index (χ2v) is 8.31. The highest BCUT2D eigenvalue weighted by Gasteiger charge is 2.24. The lowest BCUT2D eigenvalue weighted by molar-refractivity contribution is -0.137. The summed E-state index contributed by atoms with van der Waals surface area (Å²) in [5, 5.41) is 21.1. The standard InChI is InChI=1S/C23H23ClN6O3/c24-17-9-16-19(10-15(17)23(33)30-6-1-2-7-30)27-12-28-22(16)29-18(11-20(31)32)13-4-3-5-14(8-13)21(25)26/h3-5,8-10,12,18H,1-2,6-7,11H2,(H3,25,26)(H,31,32)(H,27,28,29). The lowest BCUT2D eigenvalue weighted by Gasteiger charge is -2.20. The molecule has 10 heteroatoms. The maximum Gasteiger partial charge on any atom is 0.305 e. The topological polar surface area (TPSA) is 145 Å². The van der Waals surface area contributed by atoms with E-state index in [1.807, 2.05) is 0 Å². The second kappa shape index (κ2) is 9.41. The van der Waals surface area contributed by atoms with Crippen molar-refractivity contribution in [1.29, 1.82) is 5.41 Å². The van der Waals surface area contributed by atoms with Gasteiger partial charge >= 0.3 is 5.97 Å². The molecule has 4 rings (SSSR count). The lowest BCUT2D eigenvalue weighted by Crippen LogP contribution is -2.27. The third kappa shape index (κ3) is 4.88. The van der Waals surface area contributed by atoms with Gasteiger partial charge in [0.2, 0.25) is 0 Å². The molecule has 5 N–H and O–H groups in total. The van der Waals surface area contributed by atoms with Gasteiger partial charge in [-0.05, 0) is 36.6 Å². The highest BCUT2D eigenvalue weighted by Crippen LogP contribution is 2.31. The first kappa shape index (κ1) is 22.5. The summed E-state index contributed by atoms with van der Waals surface area (Å²) in [4.78, 5) is 34.8. The maximum absolute atomic E-state index is 12.9. The molecule has 1 saturated heterocycles. The number of anilines is 1. The molecular weight excluding hydrogens is 444 g/mol. The highest BCUT2D eigenvalue weighted by atomic mass is 35.5. The average molecular weight is 467 g/mol. The first-order valence-corrected chi connectivity index (χ1v) is 10.9. The largest absolute Gasteiger partial charge is 0.481 e. The molecule has 1 atom stereocenters. The first-order valence-electron chi connectivity index (χ1n) is 10.5. The molecular formula is C23H23ClN6O3. The van der Waals surface area contributed by atoms with Crippen molar-refractivity contribution in [2.45, 2.75) is 25.3 Å². The molecule has 0 aliphatic carbocycles. The zero-order chi connectivity index (χ0) is 23.5. The zero-order valence-electron chi connectivity index (χ0n) is 17.7. The fourth-order valence-electron chi connectivity index (χ4n) is 3.96. The summed E-state index contributed by atoms with van der Waals surface area (Å²) in [6.07, 6.45) is 3.07. The Hall–Kier alpha value is -3.72. The fraction of sp³-hybridized carbons (Fsp3) is 0.261. The normalized spacial score (nSPS) is 14.3. The number of benzene rings is 2. The van der Waals surface area contributed by atoms with Crippen LogP contribution >= 0.6 is 11.6 Å². The van der Waals surface area contributed by atoms with E-state index in [1.165, 1.54) is 6.33 Å². The number of rotatable bonds is 7. The summed E-state index contributed by atoms with van der Waals surface area (Å²) in [7, 11) is 0. The number of carbonyl (C=O) groups is 2. The Morgan fingerprint density at radius 2 is 1.97 bits per heavy atom. The second-order valence-electron chi connectivity index (χ2n) is 7.90. The quantitative estimate of drug-likeness (QED) is 0.308. The van der Waals surface area contributed by atoms with Crippen molar-refractivity contribution in [1.82, 2.24) is 14.9 Å². The smallest absolute Gasteiger partial charge is 0.305 e. The first-order chi connectivity index (χ1) is 15.8. The fourth-order valence-corrected chi connectivity index (χ4v) is 4.21. The van der Waals surface area contributed by atoms with E-state index in [9.17, 15) is 14.7 Å². The van der Waals surface area contributed by atoms with Gasteiger partial charge in [0.1, 0.15) is 18.0 Å². The minimum Gasteiger partial charge on any atom is -0.481 e. The number of likely N-dealkylation sites (tertiary alicyclic amines) is 1. The summed E-state index contributed by atoms with van der Waals surface area (Å²) >= 11 is 6.48. The molecule has 1 amide bonds. The molecule has 0 spiro atoms. The number of amidine groups is 1. The Labute approximate surface area is 195 Å². The number of carboxylic acid groups (broad SMARTS) is 1. The Morgan fingerprint density at radius 3 is 2.67 bits per heavy atom. The van der Waals surface area contributed by atoms with Gasteiger partial charge in [-0.25, -0.2) is 9.97 Å². The molecule has 2 heterocycles. The van der Waals surface area contributed by atoms with Crippen molar-refractivity contribution in [3.8, 4) is 0 Å². The molecule has 0 bridgehead atoms. The Bertz CT molecular complexity index is 1240. The van der Waals surface area contributed by atoms with Gasteiger partial charge < -0.3 is 21.1 Å². The van der Waals surface area contributed by atoms with Gasteiger partial charge in [0.15, 0.2) is 0 Å². The van der Waals surface area contributed by atoms with Crippen molar-refractivity contribution in [2.75, 3.05) is 18.4 Å². The van der Waals surface area contributed by atoms with Crippen LogP contribution in [0.5, 0.6) is 0 Å². The third-order valence-corrected chi connectivity index (χ3v) is 5.95. The van der Waals surface area contributed by atoms with E-state index in [0.717, 1.165) is 12.8 Å². The number of carboxylic acids is 1. The van der Waals surface area contributed by atoms with Crippen molar-refractivity contribution in [2.24, 2.45) is 5.73 Å². The Balaban J connectivity index is 1.71. The number of carbonyl (C=O) groups excluding carboxylic acids is 1. The molecule has 0 radical (unpaired) electrons. The number of fused-ring (bicyclic) bond motifs is 1. The number of aromatic nitrogens is 2. The van der Waals surface area contributed by atoms with Gasteiger partial charge in [-0.1, -0.05) is 29.8 Å². The van der Waals surface area contributed by atoms with Crippen molar-refractivity contribution in [3.05, 3.63) is 64.4 Å². The average Bonchev–Trinajstić information content (AvgIpc) is 3.33. The molecule has 170 valence electrons. The number of nitrogens with two attached hydrogens (primary N) is 1. The van der Waals surface area contributed by atoms with Crippen LogP contribution in [0.15, 0.2) is 42.7 Å². The Morgan fingerprint density at radius 1 is 1.21 bits per heavy atom. The van der Waals surface area contributed by atoms with Gasteiger partial charge in [-0.3, -0.25) is 15.0 Å². The summed E-state index contributed by atoms with van der Waals surface area (Å²) in [6.45, 7) is 1.42. The van der Waals surface area contributed by atoms with Crippen LogP contribution in [0.25, 0.3) is 10.9 Å². The molecule has 0 saturated carbocycles. The maximum atomic E-state index is 12.9. The Kier molecular flexibility index (Phi) is 6.41. The molecule has 9 nitrogen and oxygen atoms in total. The van der Waals surface area contributed by atoms with E-state index in [1.54, 1.807) is 41.3 Å². The number of halogens is 1. The highest BCUT2D eigenvalue weighted by molar-refractivity contribution is 6.34. The molecule has 2 aromatic carbocycles. The third-order valence-electron chi connectivity index (χ3n) is 5.64. The summed E-state index contributed by atoms with van der Waals surface area (Å²) in [5.41, 5.74) is 7.63. The molecule has 1 aromatic heterocycles. The van der Waals surface area contributed by atoms with E-state index in [-0.39, 0.29) is 23.2 Å². The van der Waals surface area contributed by atoms with Gasteiger partial charge in [0.25, 0.3) is 5.91 Å². The summed E-state index contributed by atoms with van der Waals surface area (Å²) in [5.74, 6) is -0.852. The number of hydrogen-bond donors (Lipinski definition) is 4. The van der Waals surface area contributed by atoms with E-state index in [4.69, 9.17) is 22.7 Å². The molecule has 1 aliphatic rings. The van der Waals surface area contributed by atoms with Gasteiger partial charge in [-0.2, -0.15) is 0 Å². The van der Waals surface area contributed by atoms with E-state index >= 15 is 0 Å². The van der Waals surface area contributed by atoms with Gasteiger partial charge in [0.05, 0.1) is 28.6 Å². The van der Waals surface area contributed by atoms with Crippen LogP contribution in [0.2, 0.25) is 5.02 Å². The van der Waals surface area contributed by atoms with Crippen molar-refractivity contribution >= 4 is 46.0 Å². The zero-order valence-corrected chi connectivity index (χ0v) is 18.5. The predicted molar refractivity (Wildman–Crippen MR) is 126 cm³/mol. The number of aliphatic carboxylic acids is 1. The van der Waals surface area contributed by atoms with Gasteiger partial charge in [-0.15, -0.1) is 0 Å². The van der Waals surface area contributed by atoms with Crippen LogP contribution in [-0.4, -0.2) is 50.8 Å². The van der Waals surface area contributed by atoms with E-state index in [2.05, 4.69) is 15.3 Å². The molecule has 3 aromatic rings. The van der Waals surface area contributed by atoms with E-state index in [0.29, 0.717) is 46.5 Å². The van der Waals surface area contributed by atoms with Crippen LogP contribution in [0.1, 0.15) is 46.8 Å². The van der Waals surface area contributed by atoms with E-state index < -0.39 is 12.0 Å². The van der Waals surface area contributed by atoms with Crippen molar-refractivity contribution < 1.29 is 14.7 Å². The minimum absolute atomic E-state index is 0.111. The summed E-state index contributed by atoms with van der Waals surface area (Å²) in [6, 6.07) is 9.46. The molecule has 1 fully saturated rings. The number of nitrogens with zero attached hydrogens (tertiary/aromatic N) is 3. The SMILES string of the molecule is N=C(N)c1cccc(C(CC(=O)O)Nc2ncnc3cc(C(=O)N4CCCC4)c(Cl)cc23)c1. The van der Waals surface area contributed by atoms with Gasteiger partial charge in [0, 0.05) is 24.0 Å². The van der Waals surface area contributed by atoms with Crippen LogP contribution in [0, 0.1) is 5.41 Å². The molecule has 1 aliphatic heterocycles. The number of nitrogens with one attached hydrogen (secondary N) is 2. The lowest BCUT2D eigenvalue weighted by atomic mass is 10.0. The minimum atomic E-state index is -1.00. The molecule has 1 unspecified atom stereocenters. The predicted octanol–water partition coefficient (Wildman–Crippen LogP) is 3.43. The summed E-state index contributed by atoms with van der Waals surface area (Å²) < 4.78 is 0. The van der Waals surface area contributed by atoms with Crippen LogP contribution in [-0.2, 0) is 4.79 Å². The number of hydrogen-bond acceptors (Lipinski definition) is 6. The number of nitrogen functional groups attached to an aromatic ring is 1. The van der Waals surface area contributed by atoms with Crippen molar-refractivity contribution in [3.63, 3.8) is 0 Å². The van der Waals surface area contributed by atoms with Crippen LogP contribution in [0.3, 0.4) is 0 Å². The van der Waals surface area contributed by atoms with Crippen LogP contribution < -0.4 is 11.1 Å². The number of amides is 1.